The van der Waals surface area contributed by atoms with Crippen LogP contribution >= 0.6 is 0 Å². The van der Waals surface area contributed by atoms with Gasteiger partial charge in [0.15, 0.2) is 0 Å². The second kappa shape index (κ2) is 2.91. The van der Waals surface area contributed by atoms with Crippen LogP contribution in [-0.4, -0.2) is 13.7 Å². The van der Waals surface area contributed by atoms with E-state index >= 15 is 0 Å². The highest BCUT2D eigenvalue weighted by molar-refractivity contribution is 7.90. The lowest BCUT2D eigenvalue weighted by molar-refractivity contribution is 0.573. The molecule has 0 amide bonds. The van der Waals surface area contributed by atoms with Crippen LogP contribution in [-0.2, 0) is 10.0 Å². The molecule has 4 nitrogen and oxygen atoms in total. The monoisotopic (exact) mass is 188 g/mol. The summed E-state index contributed by atoms with van der Waals surface area (Å²) in [5.74, 6) is -0.104. The maximum absolute atomic E-state index is 11.0. The van der Waals surface area contributed by atoms with Gasteiger partial charge in [-0.25, -0.2) is 13.6 Å². The van der Waals surface area contributed by atoms with E-state index in [0.717, 1.165) is 0 Å². The molecule has 0 bridgehead atoms. The molecule has 12 heavy (non-hydrogen) atoms. The van der Waals surface area contributed by atoms with Crippen molar-refractivity contribution in [1.82, 2.24) is 0 Å². The zero-order valence-electron chi connectivity index (χ0n) is 6.77. The number of hydrogen-bond acceptors (Lipinski definition) is 3. The number of nitrogens with two attached hydrogens (primary N) is 2. The highest BCUT2D eigenvalue weighted by atomic mass is 32.2. The van der Waals surface area contributed by atoms with E-state index in [-0.39, 0.29) is 5.92 Å². The average Bonchev–Trinajstić information content (AvgIpc) is 1.92. The van der Waals surface area contributed by atoms with E-state index in [1.165, 1.54) is 6.08 Å². The molecule has 0 saturated heterocycles. The molecule has 68 valence electrons. The molecule has 0 fully saturated rings. The number of allylic oxidation sites excluding steroid dienone is 2. The number of sulfonamides is 1. The zero-order chi connectivity index (χ0) is 9.35. The van der Waals surface area contributed by atoms with Crippen LogP contribution < -0.4 is 10.9 Å². The second-order valence-electron chi connectivity index (χ2n) is 2.94. The van der Waals surface area contributed by atoms with Gasteiger partial charge in [0, 0.05) is 5.70 Å². The molecule has 0 aromatic rings. The molecule has 0 spiro atoms. The molecule has 1 aliphatic carbocycles. The molecule has 2 unspecified atom stereocenters. The second-order valence-corrected chi connectivity index (χ2v) is 4.66. The Morgan fingerprint density at radius 3 is 2.50 bits per heavy atom. The fraction of sp³-hybridized carbons (Fsp3) is 0.429. The van der Waals surface area contributed by atoms with Crippen LogP contribution in [0.2, 0.25) is 0 Å². The lowest BCUT2D eigenvalue weighted by Crippen LogP contribution is -2.33. The van der Waals surface area contributed by atoms with Gasteiger partial charge in [-0.2, -0.15) is 0 Å². The molecule has 0 aromatic heterocycles. The van der Waals surface area contributed by atoms with Crippen molar-refractivity contribution in [2.75, 3.05) is 0 Å². The van der Waals surface area contributed by atoms with Crippen molar-refractivity contribution in [1.29, 1.82) is 0 Å². The lowest BCUT2D eigenvalue weighted by atomic mass is 10.0. The van der Waals surface area contributed by atoms with Gasteiger partial charge in [-0.05, 0) is 18.1 Å². The highest BCUT2D eigenvalue weighted by Gasteiger charge is 2.26. The van der Waals surface area contributed by atoms with Gasteiger partial charge >= 0.3 is 0 Å². The number of primary sulfonamides is 1. The van der Waals surface area contributed by atoms with Crippen molar-refractivity contribution in [3.63, 3.8) is 0 Å². The number of hydrogen-bond donors (Lipinski definition) is 2. The van der Waals surface area contributed by atoms with Crippen molar-refractivity contribution in [2.45, 2.75) is 12.2 Å². The average molecular weight is 188 g/mol. The molecule has 1 aliphatic rings. The van der Waals surface area contributed by atoms with E-state index in [0.29, 0.717) is 5.70 Å². The predicted octanol–water partition coefficient (Wildman–Crippen LogP) is -0.308. The first-order valence-corrected chi connectivity index (χ1v) is 5.19. The quantitative estimate of drug-likeness (QED) is 0.592. The molecule has 1 rings (SSSR count). The summed E-state index contributed by atoms with van der Waals surface area (Å²) in [5.41, 5.74) is 5.89. The minimum atomic E-state index is -3.52. The fourth-order valence-corrected chi connectivity index (χ4v) is 2.20. The van der Waals surface area contributed by atoms with Crippen LogP contribution in [0.5, 0.6) is 0 Å². The van der Waals surface area contributed by atoms with Gasteiger partial charge in [0.1, 0.15) is 5.25 Å². The number of rotatable bonds is 1. The molecule has 0 radical (unpaired) electrons. The molecule has 0 saturated carbocycles. The SMILES string of the molecule is CC1C=CC(N)=CC1S(N)(=O)=O. The van der Waals surface area contributed by atoms with Crippen molar-refractivity contribution < 1.29 is 8.42 Å². The Kier molecular flexibility index (Phi) is 2.25. The van der Waals surface area contributed by atoms with Crippen molar-refractivity contribution in [2.24, 2.45) is 16.8 Å². The van der Waals surface area contributed by atoms with Gasteiger partial charge in [0.25, 0.3) is 0 Å². The van der Waals surface area contributed by atoms with E-state index in [4.69, 9.17) is 10.9 Å². The summed E-state index contributed by atoms with van der Waals surface area (Å²) in [6.45, 7) is 1.79. The maximum atomic E-state index is 11.0. The Morgan fingerprint density at radius 1 is 1.50 bits per heavy atom. The third-order valence-electron chi connectivity index (χ3n) is 1.85. The van der Waals surface area contributed by atoms with Crippen molar-refractivity contribution in [3.05, 3.63) is 23.9 Å². The third-order valence-corrected chi connectivity index (χ3v) is 3.17. The van der Waals surface area contributed by atoms with Crippen LogP contribution in [0.4, 0.5) is 0 Å². The Balaban J connectivity index is 3.01. The summed E-state index contributed by atoms with van der Waals surface area (Å²) in [4.78, 5) is 0. The molecule has 0 heterocycles. The van der Waals surface area contributed by atoms with Gasteiger partial charge in [0.2, 0.25) is 10.0 Å². The normalized spacial score (nSPS) is 30.0. The van der Waals surface area contributed by atoms with E-state index in [2.05, 4.69) is 0 Å². The summed E-state index contributed by atoms with van der Waals surface area (Å²) < 4.78 is 22.0. The zero-order valence-corrected chi connectivity index (χ0v) is 7.58. The molecule has 4 N–H and O–H groups in total. The van der Waals surface area contributed by atoms with E-state index in [1.807, 2.05) is 0 Å². The summed E-state index contributed by atoms with van der Waals surface area (Å²) in [6, 6.07) is 0. The minimum absolute atomic E-state index is 0.104. The van der Waals surface area contributed by atoms with Gasteiger partial charge < -0.3 is 5.73 Å². The van der Waals surface area contributed by atoms with Crippen molar-refractivity contribution in [3.8, 4) is 0 Å². The van der Waals surface area contributed by atoms with Gasteiger partial charge in [-0.15, -0.1) is 0 Å². The first-order chi connectivity index (χ1) is 5.41. The van der Waals surface area contributed by atoms with Crippen LogP contribution in [0.25, 0.3) is 0 Å². The maximum Gasteiger partial charge on any atom is 0.216 e. The van der Waals surface area contributed by atoms with Crippen LogP contribution in [0.15, 0.2) is 23.9 Å². The molecular formula is C7H12N2O2S. The Labute approximate surface area is 72.0 Å². The third kappa shape index (κ3) is 1.86. The first-order valence-electron chi connectivity index (χ1n) is 3.58. The van der Waals surface area contributed by atoms with E-state index < -0.39 is 15.3 Å². The molecule has 2 atom stereocenters. The van der Waals surface area contributed by atoms with E-state index in [9.17, 15) is 8.42 Å². The highest BCUT2D eigenvalue weighted by Crippen LogP contribution is 2.18. The molecule has 5 heteroatoms. The van der Waals surface area contributed by atoms with Crippen LogP contribution in [0, 0.1) is 5.92 Å². The topological polar surface area (TPSA) is 86.2 Å². The van der Waals surface area contributed by atoms with Crippen LogP contribution in [0.1, 0.15) is 6.92 Å². The first kappa shape index (κ1) is 9.28. The fourth-order valence-electron chi connectivity index (χ4n) is 1.16. The van der Waals surface area contributed by atoms with E-state index in [1.54, 1.807) is 19.1 Å². The van der Waals surface area contributed by atoms with Crippen molar-refractivity contribution >= 4 is 10.0 Å². The Morgan fingerprint density at radius 2 is 2.08 bits per heavy atom. The largest absolute Gasteiger partial charge is 0.399 e. The van der Waals surface area contributed by atoms with Gasteiger partial charge in [0.05, 0.1) is 0 Å². The Hall–Kier alpha value is -0.810. The smallest absolute Gasteiger partial charge is 0.216 e. The van der Waals surface area contributed by atoms with Gasteiger partial charge in [-0.3, -0.25) is 0 Å². The Bertz CT molecular complexity index is 329. The van der Waals surface area contributed by atoms with Gasteiger partial charge in [-0.1, -0.05) is 13.0 Å². The summed E-state index contributed by atoms with van der Waals surface area (Å²) in [7, 11) is -3.52. The standard InChI is InChI=1S/C7H12N2O2S/c1-5-2-3-6(8)4-7(5)12(9,10)11/h2-5,7H,8H2,1H3,(H2,9,10,11). The van der Waals surface area contributed by atoms with Crippen LogP contribution in [0.3, 0.4) is 0 Å². The summed E-state index contributed by atoms with van der Waals surface area (Å²) in [6.07, 6.45) is 4.90. The summed E-state index contributed by atoms with van der Waals surface area (Å²) in [5, 5.41) is 4.32. The molecular weight excluding hydrogens is 176 g/mol. The molecule has 0 aromatic carbocycles. The summed E-state index contributed by atoms with van der Waals surface area (Å²) >= 11 is 0. The lowest BCUT2D eigenvalue weighted by Gasteiger charge is -2.19. The minimum Gasteiger partial charge on any atom is -0.399 e. The predicted molar refractivity (Wildman–Crippen MR) is 47.5 cm³/mol. The molecule has 0 aliphatic heterocycles.